The Hall–Kier alpha value is -0.150. The summed E-state index contributed by atoms with van der Waals surface area (Å²) < 4.78 is 84.1. The highest BCUT2D eigenvalue weighted by Crippen LogP contribution is 2.58. The molecule has 0 aliphatic rings. The Morgan fingerprint density at radius 1 is 1.17 bits per heavy atom. The van der Waals surface area contributed by atoms with E-state index in [4.69, 9.17) is 0 Å². The lowest BCUT2D eigenvalue weighted by atomic mass is 10.7. The van der Waals surface area contributed by atoms with Crippen molar-refractivity contribution >= 4 is 17.7 Å². The lowest BCUT2D eigenvalue weighted by Crippen LogP contribution is -2.35. The molecule has 0 aromatic carbocycles. The Balaban J connectivity index is 5.45. The largest absolute Gasteiger partial charge is 0.427 e. The molecule has 0 aliphatic heterocycles. The smallest absolute Gasteiger partial charge is 0.307 e. The van der Waals surface area contributed by atoms with E-state index in [1.807, 2.05) is 0 Å². The summed E-state index contributed by atoms with van der Waals surface area (Å²) in [6.07, 6.45) is -4.79. The molecule has 6 nitrogen and oxygen atoms in total. The average Bonchev–Trinajstić information content (AvgIpc) is 2.12. The topological polar surface area (TPSA) is 78.9 Å². The van der Waals surface area contributed by atoms with Crippen LogP contribution in [0.25, 0.3) is 0 Å². The van der Waals surface area contributed by atoms with Crippen molar-refractivity contribution < 1.29 is 39.4 Å². The van der Waals surface area contributed by atoms with E-state index in [9.17, 15) is 26.2 Å². The minimum atomic E-state index is -5.21. The summed E-state index contributed by atoms with van der Waals surface area (Å²) in [5, 5.41) is 0. The molecule has 0 amide bonds. The van der Waals surface area contributed by atoms with Gasteiger partial charge in [-0.3, -0.25) is 4.57 Å². The SMILES string of the molecule is CCOP(=O)(OCC)C(OS(C)(=O)=O)C(F)(F)F. The second-order valence-electron chi connectivity index (χ2n) is 3.07. The fraction of sp³-hybridized carbons (Fsp3) is 1.00. The second-order valence-corrected chi connectivity index (χ2v) is 6.74. The van der Waals surface area contributed by atoms with Gasteiger partial charge in [0.05, 0.1) is 19.5 Å². The Labute approximate surface area is 103 Å². The van der Waals surface area contributed by atoms with Crippen LogP contribution in [0, 0.1) is 0 Å². The molecule has 0 N–H and O–H groups in total. The molecular weight excluding hydrogens is 300 g/mol. The fourth-order valence-electron chi connectivity index (χ4n) is 0.985. The Morgan fingerprint density at radius 2 is 1.56 bits per heavy atom. The van der Waals surface area contributed by atoms with Gasteiger partial charge in [-0.2, -0.15) is 21.6 Å². The van der Waals surface area contributed by atoms with Crippen molar-refractivity contribution in [3.8, 4) is 0 Å². The van der Waals surface area contributed by atoms with Gasteiger partial charge in [0.25, 0.3) is 16.0 Å². The monoisotopic (exact) mass is 314 g/mol. The maximum Gasteiger partial charge on any atom is 0.427 e. The van der Waals surface area contributed by atoms with Crippen molar-refractivity contribution in [2.45, 2.75) is 25.9 Å². The zero-order valence-corrected chi connectivity index (χ0v) is 11.6. The predicted molar refractivity (Wildman–Crippen MR) is 56.6 cm³/mol. The van der Waals surface area contributed by atoms with E-state index in [1.165, 1.54) is 13.8 Å². The second kappa shape index (κ2) is 6.33. The third-order valence-corrected chi connectivity index (χ3v) is 4.34. The van der Waals surface area contributed by atoms with Crippen LogP contribution in [0.2, 0.25) is 0 Å². The average molecular weight is 314 g/mol. The summed E-state index contributed by atoms with van der Waals surface area (Å²) >= 11 is 0. The number of hydrogen-bond acceptors (Lipinski definition) is 6. The van der Waals surface area contributed by atoms with E-state index in [1.54, 1.807) is 0 Å². The summed E-state index contributed by atoms with van der Waals surface area (Å²) in [6.45, 7) is 1.88. The van der Waals surface area contributed by atoms with Gasteiger partial charge in [0, 0.05) is 0 Å². The first kappa shape index (κ1) is 17.8. The minimum absolute atomic E-state index is 0.350. The molecule has 110 valence electrons. The molecule has 0 aromatic rings. The van der Waals surface area contributed by atoms with Crippen LogP contribution in [0.5, 0.6) is 0 Å². The molecule has 0 spiro atoms. The molecule has 1 atom stereocenters. The van der Waals surface area contributed by atoms with E-state index >= 15 is 0 Å². The van der Waals surface area contributed by atoms with Gasteiger partial charge in [-0.05, 0) is 13.8 Å². The van der Waals surface area contributed by atoms with Crippen molar-refractivity contribution in [1.29, 1.82) is 0 Å². The molecule has 0 saturated heterocycles. The van der Waals surface area contributed by atoms with E-state index in [0.29, 0.717) is 6.26 Å². The Kier molecular flexibility index (Phi) is 6.28. The van der Waals surface area contributed by atoms with Crippen LogP contribution in [0.4, 0.5) is 13.2 Å². The molecular formula is C7H14F3O6PS. The predicted octanol–water partition coefficient (Wildman–Crippen LogP) is 2.12. The maximum atomic E-state index is 12.7. The van der Waals surface area contributed by atoms with Gasteiger partial charge in [-0.1, -0.05) is 0 Å². The van der Waals surface area contributed by atoms with Gasteiger partial charge >= 0.3 is 13.8 Å². The first-order chi connectivity index (χ1) is 7.96. The summed E-state index contributed by atoms with van der Waals surface area (Å²) in [5.41, 5.74) is 0. The third kappa shape index (κ3) is 5.66. The van der Waals surface area contributed by atoms with Gasteiger partial charge in [0.15, 0.2) is 0 Å². The highest BCUT2D eigenvalue weighted by molar-refractivity contribution is 7.86. The molecule has 0 heterocycles. The molecule has 0 radical (unpaired) electrons. The van der Waals surface area contributed by atoms with Crippen molar-refractivity contribution in [3.63, 3.8) is 0 Å². The molecule has 0 aliphatic carbocycles. The number of halogens is 3. The first-order valence-corrected chi connectivity index (χ1v) is 8.23. The molecule has 0 fully saturated rings. The van der Waals surface area contributed by atoms with Crippen molar-refractivity contribution in [3.05, 3.63) is 0 Å². The number of rotatable bonds is 7. The first-order valence-electron chi connectivity index (χ1n) is 4.80. The minimum Gasteiger partial charge on any atom is -0.307 e. The molecule has 0 bridgehead atoms. The summed E-state index contributed by atoms with van der Waals surface area (Å²) in [5.74, 6) is -3.17. The van der Waals surface area contributed by atoms with Crippen LogP contribution < -0.4 is 0 Å². The highest BCUT2D eigenvalue weighted by atomic mass is 32.2. The quantitative estimate of drug-likeness (QED) is 0.529. The fourth-order valence-corrected chi connectivity index (χ4v) is 3.74. The zero-order chi connectivity index (χ0) is 14.6. The van der Waals surface area contributed by atoms with E-state index in [-0.39, 0.29) is 13.2 Å². The lowest BCUT2D eigenvalue weighted by Gasteiger charge is -2.26. The zero-order valence-electron chi connectivity index (χ0n) is 9.93. The number of hydrogen-bond donors (Lipinski definition) is 0. The van der Waals surface area contributed by atoms with Gasteiger partial charge in [-0.25, -0.2) is 4.18 Å². The van der Waals surface area contributed by atoms with Crippen molar-refractivity contribution in [2.75, 3.05) is 19.5 Å². The van der Waals surface area contributed by atoms with Crippen molar-refractivity contribution in [2.24, 2.45) is 0 Å². The van der Waals surface area contributed by atoms with E-state index in [2.05, 4.69) is 13.2 Å². The van der Waals surface area contributed by atoms with Crippen LogP contribution in [0.1, 0.15) is 13.8 Å². The maximum absolute atomic E-state index is 12.7. The number of alkyl halides is 3. The summed E-state index contributed by atoms with van der Waals surface area (Å²) in [6, 6.07) is 0. The molecule has 11 heteroatoms. The highest BCUT2D eigenvalue weighted by Gasteiger charge is 2.57. The van der Waals surface area contributed by atoms with Crippen LogP contribution >= 0.6 is 7.60 Å². The Morgan fingerprint density at radius 3 is 1.78 bits per heavy atom. The Bertz CT molecular complexity index is 396. The van der Waals surface area contributed by atoms with E-state index < -0.39 is 29.7 Å². The molecule has 0 rings (SSSR count). The summed E-state index contributed by atoms with van der Waals surface area (Å²) in [7, 11) is -9.25. The van der Waals surface area contributed by atoms with Crippen LogP contribution in [0.3, 0.4) is 0 Å². The van der Waals surface area contributed by atoms with E-state index in [0.717, 1.165) is 0 Å². The van der Waals surface area contributed by atoms with Gasteiger partial charge in [0.1, 0.15) is 0 Å². The standard InChI is InChI=1S/C7H14F3O6PS/c1-4-14-17(11,15-5-2)6(7(8,9)10)16-18(3,12)13/h6H,4-5H2,1-3H3. The van der Waals surface area contributed by atoms with Crippen molar-refractivity contribution in [1.82, 2.24) is 0 Å². The molecule has 1 unspecified atom stereocenters. The van der Waals surface area contributed by atoms with Crippen LogP contribution in [-0.4, -0.2) is 39.9 Å². The normalized spacial score (nSPS) is 15.7. The van der Waals surface area contributed by atoms with Gasteiger partial charge in [-0.15, -0.1) is 0 Å². The third-order valence-electron chi connectivity index (χ3n) is 1.45. The lowest BCUT2D eigenvalue weighted by molar-refractivity contribution is -0.174. The van der Waals surface area contributed by atoms with Crippen LogP contribution in [0.15, 0.2) is 0 Å². The van der Waals surface area contributed by atoms with Crippen LogP contribution in [-0.2, 0) is 27.9 Å². The molecule has 0 aromatic heterocycles. The van der Waals surface area contributed by atoms with Gasteiger partial charge < -0.3 is 9.05 Å². The molecule has 0 saturated carbocycles. The molecule has 18 heavy (non-hydrogen) atoms. The summed E-state index contributed by atoms with van der Waals surface area (Å²) in [4.78, 5) is 0. The van der Waals surface area contributed by atoms with Gasteiger partial charge in [0.2, 0.25) is 0 Å².